The molecule has 0 amide bonds. The standard InChI is InChI=1S/C28H28O4/c29-25(19-9-3-1-4-10-19)23-22-17-21-13-7-8-14-27(21,18-28(22)31-15-16-32-28)24(23)26(30)20-11-5-2-6-12-20/h1-6,9-12,21-22H,7-8,13-18H2/t21-,22+,27-/m0/s1. The summed E-state index contributed by atoms with van der Waals surface area (Å²) in [5, 5.41) is 0. The molecule has 1 heterocycles. The third-order valence-corrected chi connectivity index (χ3v) is 8.26. The van der Waals surface area contributed by atoms with Gasteiger partial charge in [-0.25, -0.2) is 0 Å². The van der Waals surface area contributed by atoms with Crippen LogP contribution in [0.2, 0.25) is 0 Å². The van der Waals surface area contributed by atoms with Crippen molar-refractivity contribution in [3.8, 4) is 0 Å². The number of carbonyl (C=O) groups is 2. The summed E-state index contributed by atoms with van der Waals surface area (Å²) >= 11 is 0. The average molecular weight is 429 g/mol. The highest BCUT2D eigenvalue weighted by Crippen LogP contribution is 2.67. The molecule has 164 valence electrons. The molecule has 2 spiro atoms. The van der Waals surface area contributed by atoms with Crippen LogP contribution in [0.3, 0.4) is 0 Å². The summed E-state index contributed by atoms with van der Waals surface area (Å²) in [6, 6.07) is 18.8. The third kappa shape index (κ3) is 2.82. The molecule has 5 aliphatic rings. The van der Waals surface area contributed by atoms with E-state index in [9.17, 15) is 9.59 Å². The molecular formula is C28H28O4. The highest BCUT2D eigenvalue weighted by Gasteiger charge is 2.66. The van der Waals surface area contributed by atoms with Gasteiger partial charge in [0.15, 0.2) is 17.4 Å². The lowest BCUT2D eigenvalue weighted by Gasteiger charge is -2.61. The molecule has 0 unspecified atom stereocenters. The minimum absolute atomic E-state index is 0.00864. The van der Waals surface area contributed by atoms with E-state index in [4.69, 9.17) is 9.47 Å². The Labute approximate surface area is 188 Å². The van der Waals surface area contributed by atoms with E-state index in [1.807, 2.05) is 60.7 Å². The normalized spacial score (nSPS) is 30.4. The molecule has 3 atom stereocenters. The Hall–Kier alpha value is -2.56. The molecule has 32 heavy (non-hydrogen) atoms. The topological polar surface area (TPSA) is 52.6 Å². The second kappa shape index (κ2) is 7.50. The first-order valence-electron chi connectivity index (χ1n) is 11.9. The third-order valence-electron chi connectivity index (χ3n) is 8.26. The maximum atomic E-state index is 14.1. The molecule has 0 aromatic heterocycles. The largest absolute Gasteiger partial charge is 0.347 e. The molecule has 1 saturated heterocycles. The summed E-state index contributed by atoms with van der Waals surface area (Å²) in [6.07, 6.45) is 5.82. The Bertz CT molecular complexity index is 1080. The lowest BCUT2D eigenvalue weighted by molar-refractivity contribution is -0.244. The number of ketones is 2. The van der Waals surface area contributed by atoms with Crippen molar-refractivity contribution in [2.75, 3.05) is 13.2 Å². The van der Waals surface area contributed by atoms with Crippen LogP contribution in [0.25, 0.3) is 0 Å². The van der Waals surface area contributed by atoms with Gasteiger partial charge >= 0.3 is 0 Å². The van der Waals surface area contributed by atoms with Gasteiger partial charge in [-0.1, -0.05) is 73.5 Å². The molecule has 3 fully saturated rings. The minimum atomic E-state index is -0.770. The van der Waals surface area contributed by atoms with Crippen LogP contribution in [-0.2, 0) is 9.47 Å². The molecule has 7 rings (SSSR count). The van der Waals surface area contributed by atoms with Gasteiger partial charge in [-0.15, -0.1) is 0 Å². The van der Waals surface area contributed by atoms with Gasteiger partial charge in [0.1, 0.15) is 0 Å². The van der Waals surface area contributed by atoms with Crippen molar-refractivity contribution in [3.05, 3.63) is 82.9 Å². The van der Waals surface area contributed by atoms with Gasteiger partial charge in [0.2, 0.25) is 0 Å². The number of Topliss-reactive ketones (excluding diaryl/α,β-unsaturated/α-hetero) is 2. The van der Waals surface area contributed by atoms with Crippen LogP contribution in [0.4, 0.5) is 0 Å². The maximum Gasteiger partial charge on any atom is 0.190 e. The highest BCUT2D eigenvalue weighted by molar-refractivity contribution is 6.19. The predicted octanol–water partition coefficient (Wildman–Crippen LogP) is 5.39. The van der Waals surface area contributed by atoms with E-state index in [1.54, 1.807) is 0 Å². The van der Waals surface area contributed by atoms with E-state index in [2.05, 4.69) is 0 Å². The molecular weight excluding hydrogens is 400 g/mol. The fraction of sp³-hybridized carbons (Fsp3) is 0.429. The van der Waals surface area contributed by atoms with Crippen molar-refractivity contribution in [3.63, 3.8) is 0 Å². The molecule has 4 aliphatic carbocycles. The van der Waals surface area contributed by atoms with Crippen molar-refractivity contribution >= 4 is 11.6 Å². The number of allylic oxidation sites excluding steroid dienone is 1. The lowest BCUT2D eigenvalue weighted by atomic mass is 9.45. The van der Waals surface area contributed by atoms with E-state index in [0.29, 0.717) is 42.3 Å². The smallest absolute Gasteiger partial charge is 0.190 e. The SMILES string of the molecule is O=C(C1=C(C(=O)c2ccccc2)[C@]23CCCC[C@H]2C[C@H]1C1(C3)OCCO1)c1ccccc1. The van der Waals surface area contributed by atoms with Crippen LogP contribution < -0.4 is 0 Å². The fourth-order valence-corrected chi connectivity index (χ4v) is 6.99. The lowest BCUT2D eigenvalue weighted by Crippen LogP contribution is -2.61. The Morgan fingerprint density at radius 2 is 1.44 bits per heavy atom. The van der Waals surface area contributed by atoms with E-state index in [0.717, 1.165) is 31.3 Å². The maximum absolute atomic E-state index is 14.1. The number of hydrogen-bond acceptors (Lipinski definition) is 4. The van der Waals surface area contributed by atoms with Crippen molar-refractivity contribution in [1.29, 1.82) is 0 Å². The second-order valence-corrected chi connectivity index (χ2v) is 9.75. The molecule has 4 heteroatoms. The van der Waals surface area contributed by atoms with Gasteiger partial charge in [0.25, 0.3) is 0 Å². The first kappa shape index (κ1) is 20.1. The van der Waals surface area contributed by atoms with Crippen molar-refractivity contribution in [2.45, 2.75) is 44.3 Å². The quantitative estimate of drug-likeness (QED) is 0.613. The molecule has 2 aromatic carbocycles. The summed E-state index contributed by atoms with van der Waals surface area (Å²) in [5.74, 6) is -0.612. The van der Waals surface area contributed by atoms with E-state index in [1.165, 1.54) is 6.42 Å². The van der Waals surface area contributed by atoms with Gasteiger partial charge in [0.05, 0.1) is 13.2 Å². The summed E-state index contributed by atoms with van der Waals surface area (Å²) in [7, 11) is 0. The molecule has 2 aromatic rings. The van der Waals surface area contributed by atoms with Crippen LogP contribution in [0.5, 0.6) is 0 Å². The van der Waals surface area contributed by atoms with E-state index >= 15 is 0 Å². The van der Waals surface area contributed by atoms with Gasteiger partial charge in [-0.05, 0) is 25.2 Å². The molecule has 1 aliphatic heterocycles. The van der Waals surface area contributed by atoms with Crippen LogP contribution in [0.15, 0.2) is 71.8 Å². The predicted molar refractivity (Wildman–Crippen MR) is 120 cm³/mol. The number of carbonyl (C=O) groups excluding carboxylic acids is 2. The summed E-state index contributed by atoms with van der Waals surface area (Å²) in [6.45, 7) is 1.10. The summed E-state index contributed by atoms with van der Waals surface area (Å²) < 4.78 is 12.6. The molecule has 4 nitrogen and oxygen atoms in total. The van der Waals surface area contributed by atoms with Crippen molar-refractivity contribution in [2.24, 2.45) is 17.3 Å². The number of rotatable bonds is 4. The number of ether oxygens (including phenoxy) is 2. The van der Waals surface area contributed by atoms with Gasteiger partial charge in [-0.3, -0.25) is 9.59 Å². The Morgan fingerprint density at radius 1 is 0.812 bits per heavy atom. The second-order valence-electron chi connectivity index (χ2n) is 9.75. The first-order valence-corrected chi connectivity index (χ1v) is 11.9. The molecule has 2 saturated carbocycles. The van der Waals surface area contributed by atoms with Crippen LogP contribution in [0, 0.1) is 17.3 Å². The van der Waals surface area contributed by atoms with E-state index in [-0.39, 0.29) is 22.9 Å². The number of hydrogen-bond donors (Lipinski definition) is 0. The zero-order chi connectivity index (χ0) is 21.8. The molecule has 0 radical (unpaired) electrons. The number of benzene rings is 2. The summed E-state index contributed by atoms with van der Waals surface area (Å²) in [5.41, 5.74) is 2.34. The van der Waals surface area contributed by atoms with E-state index < -0.39 is 5.79 Å². The van der Waals surface area contributed by atoms with Crippen molar-refractivity contribution in [1.82, 2.24) is 0 Å². The molecule has 2 bridgehead atoms. The first-order chi connectivity index (χ1) is 15.6. The monoisotopic (exact) mass is 428 g/mol. The average Bonchev–Trinajstić information content (AvgIpc) is 3.31. The van der Waals surface area contributed by atoms with Gasteiger partial charge in [0, 0.05) is 40.0 Å². The Morgan fingerprint density at radius 3 is 2.09 bits per heavy atom. The Kier molecular flexibility index (Phi) is 4.70. The van der Waals surface area contributed by atoms with Gasteiger partial charge in [-0.2, -0.15) is 0 Å². The summed E-state index contributed by atoms with van der Waals surface area (Å²) in [4.78, 5) is 28.1. The van der Waals surface area contributed by atoms with Gasteiger partial charge < -0.3 is 9.47 Å². The zero-order valence-electron chi connectivity index (χ0n) is 18.2. The zero-order valence-corrected chi connectivity index (χ0v) is 18.2. The Balaban J connectivity index is 1.60. The molecule has 0 N–H and O–H groups in total. The van der Waals surface area contributed by atoms with Crippen LogP contribution in [-0.4, -0.2) is 30.6 Å². The van der Waals surface area contributed by atoms with Crippen molar-refractivity contribution < 1.29 is 19.1 Å². The highest BCUT2D eigenvalue weighted by atomic mass is 16.7. The van der Waals surface area contributed by atoms with Crippen LogP contribution >= 0.6 is 0 Å². The fourth-order valence-electron chi connectivity index (χ4n) is 6.99. The van der Waals surface area contributed by atoms with Crippen LogP contribution in [0.1, 0.15) is 59.2 Å². The minimum Gasteiger partial charge on any atom is -0.347 e.